The van der Waals surface area contributed by atoms with Gasteiger partial charge in [0.25, 0.3) is 5.91 Å². The van der Waals surface area contributed by atoms with E-state index in [0.717, 1.165) is 10.6 Å². The third-order valence-corrected chi connectivity index (χ3v) is 2.68. The molecule has 0 saturated heterocycles. The largest absolute Gasteiger partial charge is 0.367 e. The van der Waals surface area contributed by atoms with Crippen LogP contribution in [0, 0.1) is 6.92 Å². The monoisotopic (exact) mass is 183 g/mol. The summed E-state index contributed by atoms with van der Waals surface area (Å²) >= 11 is 1.60. The SMILES string of the molecule is Cc1cc2c(s1)NC(=O)COC2. The molecule has 1 aliphatic rings. The van der Waals surface area contributed by atoms with Crippen LogP contribution in [-0.4, -0.2) is 12.5 Å². The number of hydrogen-bond acceptors (Lipinski definition) is 3. The summed E-state index contributed by atoms with van der Waals surface area (Å²) in [6, 6.07) is 2.05. The summed E-state index contributed by atoms with van der Waals surface area (Å²) in [5, 5.41) is 3.74. The zero-order chi connectivity index (χ0) is 8.55. The van der Waals surface area contributed by atoms with Crippen LogP contribution in [0.2, 0.25) is 0 Å². The summed E-state index contributed by atoms with van der Waals surface area (Å²) in [5.74, 6) is -0.0596. The molecule has 64 valence electrons. The Morgan fingerprint density at radius 2 is 2.42 bits per heavy atom. The standard InChI is InChI=1S/C8H9NO2S/c1-5-2-6-3-11-4-7(10)9-8(6)12-5/h2H,3-4H2,1H3,(H,9,10). The van der Waals surface area contributed by atoms with Gasteiger partial charge in [0.15, 0.2) is 0 Å². The molecule has 1 aromatic heterocycles. The van der Waals surface area contributed by atoms with Gasteiger partial charge in [-0.3, -0.25) is 4.79 Å². The summed E-state index contributed by atoms with van der Waals surface area (Å²) in [6.07, 6.45) is 0. The number of aryl methyl sites for hydroxylation is 1. The summed E-state index contributed by atoms with van der Waals surface area (Å²) in [6.45, 7) is 2.73. The maximum atomic E-state index is 11.0. The first-order valence-electron chi connectivity index (χ1n) is 3.72. The molecular weight excluding hydrogens is 174 g/mol. The Bertz CT molecular complexity index is 319. The predicted molar refractivity (Wildman–Crippen MR) is 47.3 cm³/mol. The van der Waals surface area contributed by atoms with Crippen LogP contribution in [0.3, 0.4) is 0 Å². The number of hydrogen-bond donors (Lipinski definition) is 1. The normalized spacial score (nSPS) is 16.6. The van der Waals surface area contributed by atoms with Gasteiger partial charge >= 0.3 is 0 Å². The minimum Gasteiger partial charge on any atom is -0.367 e. The topological polar surface area (TPSA) is 38.3 Å². The highest BCUT2D eigenvalue weighted by Gasteiger charge is 2.14. The minimum absolute atomic E-state index is 0.0596. The van der Waals surface area contributed by atoms with Crippen LogP contribution in [0.25, 0.3) is 0 Å². The number of carbonyl (C=O) groups is 1. The van der Waals surface area contributed by atoms with E-state index in [2.05, 4.69) is 5.32 Å². The average Bonchev–Trinajstić information content (AvgIpc) is 2.23. The van der Waals surface area contributed by atoms with Crippen molar-refractivity contribution < 1.29 is 9.53 Å². The Morgan fingerprint density at radius 1 is 1.58 bits per heavy atom. The van der Waals surface area contributed by atoms with Crippen LogP contribution >= 0.6 is 11.3 Å². The van der Waals surface area contributed by atoms with Crippen LogP contribution in [0.15, 0.2) is 6.07 Å². The fraction of sp³-hybridized carbons (Fsp3) is 0.375. The molecule has 1 aliphatic heterocycles. The van der Waals surface area contributed by atoms with Crippen LogP contribution < -0.4 is 5.32 Å². The van der Waals surface area contributed by atoms with Crippen molar-refractivity contribution in [1.82, 2.24) is 0 Å². The molecule has 1 N–H and O–H groups in total. The lowest BCUT2D eigenvalue weighted by Gasteiger charge is -1.95. The van der Waals surface area contributed by atoms with Crippen LogP contribution in [0.5, 0.6) is 0 Å². The highest BCUT2D eigenvalue weighted by Crippen LogP contribution is 2.29. The van der Waals surface area contributed by atoms with Crippen molar-refractivity contribution in [1.29, 1.82) is 0 Å². The predicted octanol–water partition coefficient (Wildman–Crippen LogP) is 1.53. The molecule has 0 spiro atoms. The van der Waals surface area contributed by atoms with E-state index in [0.29, 0.717) is 6.61 Å². The van der Waals surface area contributed by atoms with Gasteiger partial charge in [-0.25, -0.2) is 0 Å². The molecule has 0 unspecified atom stereocenters. The van der Waals surface area contributed by atoms with Gasteiger partial charge in [-0.1, -0.05) is 0 Å². The molecule has 1 aromatic rings. The second kappa shape index (κ2) is 2.88. The number of fused-ring (bicyclic) bond motifs is 1. The molecule has 0 aliphatic carbocycles. The molecule has 0 fully saturated rings. The molecule has 4 heteroatoms. The summed E-state index contributed by atoms with van der Waals surface area (Å²) in [7, 11) is 0. The van der Waals surface area contributed by atoms with Crippen LogP contribution in [0.1, 0.15) is 10.4 Å². The Hall–Kier alpha value is -0.870. The van der Waals surface area contributed by atoms with E-state index in [-0.39, 0.29) is 12.5 Å². The number of ether oxygens (including phenoxy) is 1. The smallest absolute Gasteiger partial charge is 0.250 e. The fourth-order valence-electron chi connectivity index (χ4n) is 1.20. The Morgan fingerprint density at radius 3 is 3.25 bits per heavy atom. The molecule has 2 heterocycles. The highest BCUT2D eigenvalue weighted by molar-refractivity contribution is 7.16. The molecule has 2 rings (SSSR count). The zero-order valence-electron chi connectivity index (χ0n) is 6.72. The van der Waals surface area contributed by atoms with Gasteiger partial charge in [0, 0.05) is 10.4 Å². The molecule has 3 nitrogen and oxygen atoms in total. The lowest BCUT2D eigenvalue weighted by molar-refractivity contribution is -0.120. The highest BCUT2D eigenvalue weighted by atomic mass is 32.1. The molecule has 1 amide bonds. The zero-order valence-corrected chi connectivity index (χ0v) is 7.53. The van der Waals surface area contributed by atoms with Crippen molar-refractivity contribution >= 4 is 22.2 Å². The first-order valence-corrected chi connectivity index (χ1v) is 4.54. The number of thiophene rings is 1. The first-order chi connectivity index (χ1) is 5.75. The van der Waals surface area contributed by atoms with Crippen LogP contribution in [0.4, 0.5) is 5.00 Å². The van der Waals surface area contributed by atoms with E-state index < -0.39 is 0 Å². The Balaban J connectivity index is 2.36. The maximum absolute atomic E-state index is 11.0. The number of rotatable bonds is 0. The molecule has 0 saturated carbocycles. The number of carbonyl (C=O) groups excluding carboxylic acids is 1. The summed E-state index contributed by atoms with van der Waals surface area (Å²) in [4.78, 5) is 12.2. The third kappa shape index (κ3) is 1.35. The van der Waals surface area contributed by atoms with Crippen molar-refractivity contribution in [3.8, 4) is 0 Å². The van der Waals surface area contributed by atoms with Crippen molar-refractivity contribution in [3.05, 3.63) is 16.5 Å². The fourth-order valence-corrected chi connectivity index (χ4v) is 2.13. The number of amides is 1. The van der Waals surface area contributed by atoms with Crippen LogP contribution in [-0.2, 0) is 16.1 Å². The van der Waals surface area contributed by atoms with E-state index in [4.69, 9.17) is 4.74 Å². The van der Waals surface area contributed by atoms with Gasteiger partial charge in [-0.05, 0) is 13.0 Å². The molecule has 0 atom stereocenters. The van der Waals surface area contributed by atoms with Crippen molar-refractivity contribution in [2.75, 3.05) is 11.9 Å². The van der Waals surface area contributed by atoms with Gasteiger partial charge in [0.1, 0.15) is 11.6 Å². The molecular formula is C8H9NO2S. The van der Waals surface area contributed by atoms with Crippen molar-refractivity contribution in [2.45, 2.75) is 13.5 Å². The second-order valence-electron chi connectivity index (χ2n) is 2.75. The van der Waals surface area contributed by atoms with Gasteiger partial charge in [-0.15, -0.1) is 11.3 Å². The minimum atomic E-state index is -0.0596. The number of anilines is 1. The second-order valence-corrected chi connectivity index (χ2v) is 4.01. The quantitative estimate of drug-likeness (QED) is 0.662. The summed E-state index contributed by atoms with van der Waals surface area (Å²) < 4.78 is 5.14. The molecule has 0 aromatic carbocycles. The third-order valence-electron chi connectivity index (χ3n) is 1.68. The first kappa shape index (κ1) is 7.76. The van der Waals surface area contributed by atoms with E-state index in [1.807, 2.05) is 13.0 Å². The Kier molecular flexibility index (Phi) is 1.86. The van der Waals surface area contributed by atoms with E-state index >= 15 is 0 Å². The molecule has 12 heavy (non-hydrogen) atoms. The van der Waals surface area contributed by atoms with E-state index in [1.54, 1.807) is 11.3 Å². The van der Waals surface area contributed by atoms with Crippen molar-refractivity contribution in [3.63, 3.8) is 0 Å². The molecule has 0 bridgehead atoms. The van der Waals surface area contributed by atoms with Gasteiger partial charge in [-0.2, -0.15) is 0 Å². The van der Waals surface area contributed by atoms with E-state index in [9.17, 15) is 4.79 Å². The van der Waals surface area contributed by atoms with Gasteiger partial charge in [0.2, 0.25) is 0 Å². The number of nitrogens with one attached hydrogen (secondary N) is 1. The van der Waals surface area contributed by atoms with Crippen molar-refractivity contribution in [2.24, 2.45) is 0 Å². The van der Waals surface area contributed by atoms with Gasteiger partial charge in [0.05, 0.1) is 6.61 Å². The average molecular weight is 183 g/mol. The maximum Gasteiger partial charge on any atom is 0.250 e. The van der Waals surface area contributed by atoms with Gasteiger partial charge < -0.3 is 10.1 Å². The van der Waals surface area contributed by atoms with E-state index in [1.165, 1.54) is 4.88 Å². The lowest BCUT2D eigenvalue weighted by Crippen LogP contribution is -2.14. The summed E-state index contributed by atoms with van der Waals surface area (Å²) in [5.41, 5.74) is 1.09. The molecule has 0 radical (unpaired) electrons. The Labute approximate surface area is 74.4 Å². The lowest BCUT2D eigenvalue weighted by atomic mass is 10.3.